The highest BCUT2D eigenvalue weighted by molar-refractivity contribution is 5.98. The molecule has 0 aliphatic carbocycles. The van der Waals surface area contributed by atoms with Crippen LogP contribution in [0.15, 0.2) is 83.9 Å². The van der Waals surface area contributed by atoms with Crippen molar-refractivity contribution in [2.45, 2.75) is 26.8 Å². The number of amides is 1. The second-order valence-electron chi connectivity index (χ2n) is 8.91. The minimum atomic E-state index is -0.633. The van der Waals surface area contributed by atoms with E-state index < -0.39 is 11.9 Å². The SMILES string of the molecule is Cc1cc(-c2cccc3cc([C@H](C)Nc4nc(C)ncc4C(N)=O)n(-c4ccccc4)c(=O)c23)ccn1. The van der Waals surface area contributed by atoms with Gasteiger partial charge in [-0.05, 0) is 67.6 Å². The van der Waals surface area contributed by atoms with Crippen molar-refractivity contribution in [2.75, 3.05) is 5.32 Å². The van der Waals surface area contributed by atoms with Crippen LogP contribution in [-0.2, 0) is 0 Å². The molecule has 0 spiro atoms. The summed E-state index contributed by atoms with van der Waals surface area (Å²) >= 11 is 0. The second kappa shape index (κ2) is 9.66. The molecule has 3 N–H and O–H groups in total. The fourth-order valence-corrected chi connectivity index (χ4v) is 4.54. The number of nitrogens with zero attached hydrogens (tertiary/aromatic N) is 4. The normalized spacial score (nSPS) is 11.9. The van der Waals surface area contributed by atoms with E-state index in [1.54, 1.807) is 17.7 Å². The number of hydrogen-bond acceptors (Lipinski definition) is 6. The van der Waals surface area contributed by atoms with E-state index in [2.05, 4.69) is 20.3 Å². The fourth-order valence-electron chi connectivity index (χ4n) is 4.54. The number of anilines is 1. The molecule has 0 unspecified atom stereocenters. The van der Waals surface area contributed by atoms with Gasteiger partial charge in [0.25, 0.3) is 11.5 Å². The Morgan fingerprint density at radius 3 is 2.51 bits per heavy atom. The van der Waals surface area contributed by atoms with E-state index in [0.717, 1.165) is 27.9 Å². The first-order valence-electron chi connectivity index (χ1n) is 11.9. The standard InChI is InChI=1S/C29H26N6O2/c1-17-14-20(12-13-31-17)23-11-7-8-21-15-25(35(29(37)26(21)23)22-9-5-4-6-10-22)18(2)33-28-24(27(30)36)16-32-19(3)34-28/h4-16,18H,1-3H3,(H2,30,36)(H,32,33,34)/t18-/m0/s1. The van der Waals surface area contributed by atoms with Gasteiger partial charge < -0.3 is 11.1 Å². The fraction of sp³-hybridized carbons (Fsp3) is 0.138. The lowest BCUT2D eigenvalue weighted by atomic mass is 9.98. The molecule has 8 heteroatoms. The Bertz CT molecular complexity index is 1690. The van der Waals surface area contributed by atoms with E-state index in [9.17, 15) is 9.59 Å². The Morgan fingerprint density at radius 1 is 1.00 bits per heavy atom. The van der Waals surface area contributed by atoms with Crippen molar-refractivity contribution in [1.29, 1.82) is 0 Å². The zero-order chi connectivity index (χ0) is 26.1. The molecule has 0 aliphatic rings. The summed E-state index contributed by atoms with van der Waals surface area (Å²) in [4.78, 5) is 39.0. The average molecular weight is 491 g/mol. The molecule has 0 aliphatic heterocycles. The number of rotatable bonds is 6. The van der Waals surface area contributed by atoms with Crippen molar-refractivity contribution in [3.8, 4) is 16.8 Å². The molecule has 5 aromatic rings. The zero-order valence-electron chi connectivity index (χ0n) is 20.8. The van der Waals surface area contributed by atoms with Gasteiger partial charge in [0.1, 0.15) is 11.6 Å². The van der Waals surface area contributed by atoms with E-state index in [1.165, 1.54) is 6.20 Å². The topological polar surface area (TPSA) is 116 Å². The molecule has 1 amide bonds. The summed E-state index contributed by atoms with van der Waals surface area (Å²) in [6.45, 7) is 5.58. The number of para-hydroxylation sites is 1. The van der Waals surface area contributed by atoms with Gasteiger partial charge in [0.05, 0.1) is 17.0 Å². The summed E-state index contributed by atoms with van der Waals surface area (Å²) in [5.74, 6) is 0.183. The number of primary amides is 1. The summed E-state index contributed by atoms with van der Waals surface area (Å²) in [7, 11) is 0. The van der Waals surface area contributed by atoms with Crippen LogP contribution in [0.2, 0.25) is 0 Å². The van der Waals surface area contributed by atoms with Gasteiger partial charge in [0, 0.05) is 29.5 Å². The minimum absolute atomic E-state index is 0.147. The van der Waals surface area contributed by atoms with Gasteiger partial charge in [0.2, 0.25) is 0 Å². The van der Waals surface area contributed by atoms with Gasteiger partial charge in [-0.15, -0.1) is 0 Å². The highest BCUT2D eigenvalue weighted by atomic mass is 16.1. The van der Waals surface area contributed by atoms with Crippen LogP contribution in [0.5, 0.6) is 0 Å². The summed E-state index contributed by atoms with van der Waals surface area (Å²) in [6, 6.07) is 20.8. The monoisotopic (exact) mass is 490 g/mol. The Balaban J connectivity index is 1.74. The van der Waals surface area contributed by atoms with Crippen molar-refractivity contribution in [2.24, 2.45) is 5.73 Å². The molecular weight excluding hydrogens is 464 g/mol. The van der Waals surface area contributed by atoms with Crippen LogP contribution < -0.4 is 16.6 Å². The molecular formula is C29H26N6O2. The molecule has 0 bridgehead atoms. The Hall–Kier alpha value is -4.85. The molecule has 37 heavy (non-hydrogen) atoms. The predicted molar refractivity (Wildman–Crippen MR) is 145 cm³/mol. The Kier molecular flexibility index (Phi) is 6.23. The number of aromatic nitrogens is 4. The van der Waals surface area contributed by atoms with E-state index in [4.69, 9.17) is 5.73 Å². The van der Waals surface area contributed by atoms with Crippen LogP contribution in [0.25, 0.3) is 27.6 Å². The number of fused-ring (bicyclic) bond motifs is 1. The number of carbonyl (C=O) groups is 1. The lowest BCUT2D eigenvalue weighted by molar-refractivity contribution is 0.100. The molecule has 0 saturated heterocycles. The summed E-state index contributed by atoms with van der Waals surface area (Å²) in [5.41, 5.74) is 9.67. The van der Waals surface area contributed by atoms with Crippen molar-refractivity contribution in [3.63, 3.8) is 0 Å². The van der Waals surface area contributed by atoms with Gasteiger partial charge in [-0.2, -0.15) is 0 Å². The number of nitrogens with two attached hydrogens (primary N) is 1. The molecule has 0 radical (unpaired) electrons. The average Bonchev–Trinajstić information content (AvgIpc) is 2.88. The van der Waals surface area contributed by atoms with Crippen LogP contribution in [0.4, 0.5) is 5.82 Å². The minimum Gasteiger partial charge on any atom is -0.365 e. The number of hydrogen-bond donors (Lipinski definition) is 2. The van der Waals surface area contributed by atoms with Gasteiger partial charge in [-0.25, -0.2) is 9.97 Å². The number of aryl methyl sites for hydroxylation is 2. The molecule has 184 valence electrons. The first kappa shape index (κ1) is 23.9. The largest absolute Gasteiger partial charge is 0.365 e. The van der Waals surface area contributed by atoms with Crippen LogP contribution in [0.3, 0.4) is 0 Å². The molecule has 2 aromatic carbocycles. The van der Waals surface area contributed by atoms with Crippen LogP contribution in [0, 0.1) is 13.8 Å². The van der Waals surface area contributed by atoms with Gasteiger partial charge in [0.15, 0.2) is 0 Å². The number of carbonyl (C=O) groups excluding carboxylic acids is 1. The molecule has 0 saturated carbocycles. The summed E-state index contributed by atoms with van der Waals surface area (Å²) in [5, 5.41) is 4.71. The first-order valence-corrected chi connectivity index (χ1v) is 11.9. The molecule has 5 rings (SSSR count). The molecule has 8 nitrogen and oxygen atoms in total. The van der Waals surface area contributed by atoms with E-state index in [0.29, 0.717) is 22.7 Å². The quantitative estimate of drug-likeness (QED) is 0.355. The Labute approximate surface area is 213 Å². The Morgan fingerprint density at radius 2 is 1.78 bits per heavy atom. The van der Waals surface area contributed by atoms with Crippen LogP contribution >= 0.6 is 0 Å². The third kappa shape index (κ3) is 4.56. The maximum Gasteiger partial charge on any atom is 0.263 e. The molecule has 0 fully saturated rings. The van der Waals surface area contributed by atoms with E-state index >= 15 is 0 Å². The lowest BCUT2D eigenvalue weighted by Crippen LogP contribution is -2.26. The van der Waals surface area contributed by atoms with Crippen molar-refractivity contribution in [3.05, 3.63) is 112 Å². The van der Waals surface area contributed by atoms with Crippen molar-refractivity contribution < 1.29 is 4.79 Å². The highest BCUT2D eigenvalue weighted by Gasteiger charge is 2.21. The molecule has 3 heterocycles. The van der Waals surface area contributed by atoms with Gasteiger partial charge in [-0.1, -0.05) is 36.4 Å². The third-order valence-corrected chi connectivity index (χ3v) is 6.27. The van der Waals surface area contributed by atoms with E-state index in [-0.39, 0.29) is 11.1 Å². The number of pyridine rings is 2. The lowest BCUT2D eigenvalue weighted by Gasteiger charge is -2.22. The van der Waals surface area contributed by atoms with Gasteiger partial charge in [-0.3, -0.25) is 19.1 Å². The van der Waals surface area contributed by atoms with Crippen molar-refractivity contribution >= 4 is 22.5 Å². The molecule has 3 aromatic heterocycles. The maximum atomic E-state index is 14.2. The third-order valence-electron chi connectivity index (χ3n) is 6.27. The smallest absolute Gasteiger partial charge is 0.263 e. The maximum absolute atomic E-state index is 14.2. The van der Waals surface area contributed by atoms with Crippen LogP contribution in [-0.4, -0.2) is 25.4 Å². The number of benzene rings is 2. The van der Waals surface area contributed by atoms with Crippen molar-refractivity contribution in [1.82, 2.24) is 19.5 Å². The predicted octanol–water partition coefficient (Wildman–Crippen LogP) is 4.73. The second-order valence-corrected chi connectivity index (χ2v) is 8.91. The first-order chi connectivity index (χ1) is 17.8. The number of nitrogens with one attached hydrogen (secondary N) is 1. The zero-order valence-corrected chi connectivity index (χ0v) is 20.8. The molecule has 1 atom stereocenters. The van der Waals surface area contributed by atoms with E-state index in [1.807, 2.05) is 80.6 Å². The highest BCUT2D eigenvalue weighted by Crippen LogP contribution is 2.30. The van der Waals surface area contributed by atoms with Gasteiger partial charge >= 0.3 is 0 Å². The van der Waals surface area contributed by atoms with Crippen LogP contribution in [0.1, 0.15) is 40.5 Å². The summed E-state index contributed by atoms with van der Waals surface area (Å²) < 4.78 is 1.70. The summed E-state index contributed by atoms with van der Waals surface area (Å²) in [6.07, 6.45) is 3.16.